The minimum Gasteiger partial charge on any atom is -0.357 e. The third-order valence-corrected chi connectivity index (χ3v) is 8.20. The van der Waals surface area contributed by atoms with Gasteiger partial charge in [-0.05, 0) is 37.5 Å². The van der Waals surface area contributed by atoms with E-state index in [-0.39, 0.29) is 0 Å². The van der Waals surface area contributed by atoms with Gasteiger partial charge in [-0.1, -0.05) is 70.4 Å². The second-order valence-electron chi connectivity index (χ2n) is 10.9. The predicted molar refractivity (Wildman–Crippen MR) is 151 cm³/mol. The molecule has 3 unspecified atom stereocenters. The van der Waals surface area contributed by atoms with Gasteiger partial charge in [0.25, 0.3) is 0 Å². The molecule has 35 heavy (non-hydrogen) atoms. The highest BCUT2D eigenvalue weighted by atomic mass is 15.2. The van der Waals surface area contributed by atoms with Crippen LogP contribution in [0.2, 0.25) is 0 Å². The first kappa shape index (κ1) is 28.2. The maximum absolute atomic E-state index is 5.93. The zero-order valence-corrected chi connectivity index (χ0v) is 22.7. The number of nitrogens with zero attached hydrogens (tertiary/aromatic N) is 4. The molecule has 0 aromatic rings. The predicted octanol–water partition coefficient (Wildman–Crippen LogP) is 4.84. The lowest BCUT2D eigenvalue weighted by Crippen LogP contribution is -2.40. The van der Waals surface area contributed by atoms with E-state index in [1.54, 1.807) is 0 Å². The molecule has 4 N–H and O–H groups in total. The molecule has 1 aliphatic carbocycles. The fraction of sp³-hybridized carbons (Fsp3) is 0.862. The van der Waals surface area contributed by atoms with Crippen molar-refractivity contribution in [3.8, 4) is 0 Å². The van der Waals surface area contributed by atoms with Gasteiger partial charge in [0.1, 0.15) is 5.84 Å². The van der Waals surface area contributed by atoms with Gasteiger partial charge >= 0.3 is 0 Å². The number of unbranched alkanes of at least 4 members (excludes halogenated alkanes) is 7. The van der Waals surface area contributed by atoms with Crippen LogP contribution in [0.3, 0.4) is 0 Å². The second-order valence-corrected chi connectivity index (χ2v) is 10.9. The first-order valence-electron chi connectivity index (χ1n) is 14.9. The molecule has 3 aliphatic rings. The molecule has 200 valence electrons. The largest absolute Gasteiger partial charge is 0.357 e. The number of amidine groups is 2. The molecule has 0 spiro atoms. The Bertz CT molecular complexity index is 672. The van der Waals surface area contributed by atoms with Crippen molar-refractivity contribution in [1.82, 2.24) is 9.80 Å². The van der Waals surface area contributed by atoms with E-state index in [0.29, 0.717) is 11.8 Å². The van der Waals surface area contributed by atoms with Crippen molar-refractivity contribution in [2.75, 3.05) is 52.4 Å². The van der Waals surface area contributed by atoms with E-state index in [1.807, 2.05) is 0 Å². The number of rotatable bonds is 18. The maximum atomic E-state index is 5.93. The van der Waals surface area contributed by atoms with Crippen LogP contribution in [0, 0.1) is 17.8 Å². The minimum atomic E-state index is 0.596. The monoisotopic (exact) mass is 486 g/mol. The van der Waals surface area contributed by atoms with Crippen molar-refractivity contribution in [3.63, 3.8) is 0 Å². The summed E-state index contributed by atoms with van der Waals surface area (Å²) in [6, 6.07) is 0. The Balaban J connectivity index is 1.41. The Morgan fingerprint density at radius 2 is 1.49 bits per heavy atom. The number of allylic oxidation sites excluding steroid dienone is 2. The average Bonchev–Trinajstić information content (AvgIpc) is 3.52. The lowest BCUT2D eigenvalue weighted by atomic mass is 9.74. The normalized spacial score (nSPS) is 24.4. The lowest BCUT2D eigenvalue weighted by molar-refractivity contribution is 0.318. The van der Waals surface area contributed by atoms with Gasteiger partial charge in [-0.2, -0.15) is 0 Å². The molecule has 0 fully saturated rings. The molecule has 0 saturated heterocycles. The first-order valence-corrected chi connectivity index (χ1v) is 14.9. The van der Waals surface area contributed by atoms with E-state index in [9.17, 15) is 0 Å². The van der Waals surface area contributed by atoms with Crippen molar-refractivity contribution in [1.29, 1.82) is 0 Å². The van der Waals surface area contributed by atoms with Crippen LogP contribution in [0.4, 0.5) is 0 Å². The van der Waals surface area contributed by atoms with Crippen LogP contribution in [0.15, 0.2) is 22.1 Å². The Morgan fingerprint density at radius 1 is 0.800 bits per heavy atom. The Morgan fingerprint density at radius 3 is 2.31 bits per heavy atom. The summed E-state index contributed by atoms with van der Waals surface area (Å²) in [5, 5.41) is 0. The molecule has 0 saturated carbocycles. The van der Waals surface area contributed by atoms with E-state index >= 15 is 0 Å². The topological polar surface area (TPSA) is 83.2 Å². The van der Waals surface area contributed by atoms with Crippen LogP contribution in [0.1, 0.15) is 90.4 Å². The third kappa shape index (κ3) is 9.20. The van der Waals surface area contributed by atoms with E-state index < -0.39 is 0 Å². The summed E-state index contributed by atoms with van der Waals surface area (Å²) < 4.78 is 0. The van der Waals surface area contributed by atoms with Crippen LogP contribution in [0.25, 0.3) is 0 Å². The number of nitrogens with two attached hydrogens (primary N) is 2. The minimum absolute atomic E-state index is 0.596. The third-order valence-electron chi connectivity index (χ3n) is 8.20. The molecule has 2 heterocycles. The first-order chi connectivity index (χ1) is 17.3. The van der Waals surface area contributed by atoms with Crippen molar-refractivity contribution in [2.45, 2.75) is 90.4 Å². The van der Waals surface area contributed by atoms with Gasteiger partial charge in [-0.15, -0.1) is 0 Å². The molecule has 6 nitrogen and oxygen atoms in total. The summed E-state index contributed by atoms with van der Waals surface area (Å²) in [5.74, 6) is 4.65. The summed E-state index contributed by atoms with van der Waals surface area (Å²) in [4.78, 5) is 14.6. The second kappa shape index (κ2) is 16.4. The summed E-state index contributed by atoms with van der Waals surface area (Å²) in [7, 11) is 0. The van der Waals surface area contributed by atoms with Gasteiger partial charge in [0.15, 0.2) is 0 Å². The van der Waals surface area contributed by atoms with Gasteiger partial charge in [-0.25, -0.2) is 0 Å². The molecule has 0 radical (unpaired) electrons. The fourth-order valence-electron chi connectivity index (χ4n) is 6.25. The zero-order chi connectivity index (χ0) is 24.7. The summed E-state index contributed by atoms with van der Waals surface area (Å²) >= 11 is 0. The highest BCUT2D eigenvalue weighted by molar-refractivity contribution is 5.86. The lowest BCUT2D eigenvalue weighted by Gasteiger charge is -2.35. The van der Waals surface area contributed by atoms with Crippen LogP contribution in [-0.2, 0) is 0 Å². The van der Waals surface area contributed by atoms with Gasteiger partial charge in [0.2, 0.25) is 0 Å². The Hall–Kier alpha value is -1.40. The van der Waals surface area contributed by atoms with E-state index in [0.717, 1.165) is 64.7 Å². The average molecular weight is 487 g/mol. The van der Waals surface area contributed by atoms with Gasteiger partial charge in [0.05, 0.1) is 18.9 Å². The highest BCUT2D eigenvalue weighted by Crippen LogP contribution is 2.37. The summed E-state index contributed by atoms with van der Waals surface area (Å²) in [6.07, 6.45) is 22.2. The molecule has 3 rings (SSSR count). The van der Waals surface area contributed by atoms with E-state index in [4.69, 9.17) is 16.5 Å². The SMILES string of the molecule is CCCCCCC1C=CC(CCCCCCCC2=NCCN2CCN)C(C2=NCCN2CCN)C1. The summed E-state index contributed by atoms with van der Waals surface area (Å²) in [5.41, 5.74) is 11.7. The zero-order valence-electron chi connectivity index (χ0n) is 22.7. The van der Waals surface area contributed by atoms with Crippen LogP contribution in [-0.4, -0.2) is 73.8 Å². The van der Waals surface area contributed by atoms with Crippen molar-refractivity contribution < 1.29 is 0 Å². The Labute approximate surface area is 215 Å². The molecule has 0 amide bonds. The van der Waals surface area contributed by atoms with Crippen molar-refractivity contribution in [3.05, 3.63) is 12.2 Å². The van der Waals surface area contributed by atoms with Crippen molar-refractivity contribution >= 4 is 11.7 Å². The standard InChI is InChI=1S/C29H54N6/c1-2-3-4-8-11-25-14-15-26(27(24-25)29-33-19-23-35(29)21-17-31)12-9-6-5-7-10-13-28-32-18-22-34(28)20-16-30/h14-15,25-27H,2-13,16-24,30-31H2,1H3. The maximum Gasteiger partial charge on any atom is 0.103 e. The number of hydrogen-bond acceptors (Lipinski definition) is 6. The van der Waals surface area contributed by atoms with E-state index in [1.165, 1.54) is 88.7 Å². The van der Waals surface area contributed by atoms with E-state index in [2.05, 4.69) is 33.9 Å². The van der Waals surface area contributed by atoms with Crippen LogP contribution >= 0.6 is 0 Å². The van der Waals surface area contributed by atoms with Crippen LogP contribution < -0.4 is 11.5 Å². The van der Waals surface area contributed by atoms with Crippen LogP contribution in [0.5, 0.6) is 0 Å². The quantitative estimate of drug-likeness (QED) is 0.214. The highest BCUT2D eigenvalue weighted by Gasteiger charge is 2.34. The van der Waals surface area contributed by atoms with Gasteiger partial charge in [0, 0.05) is 51.6 Å². The molecule has 6 heteroatoms. The molecule has 0 aromatic heterocycles. The summed E-state index contributed by atoms with van der Waals surface area (Å²) in [6.45, 7) is 9.71. The molecular weight excluding hydrogens is 432 g/mol. The van der Waals surface area contributed by atoms with Gasteiger partial charge < -0.3 is 21.3 Å². The van der Waals surface area contributed by atoms with Gasteiger partial charge in [-0.3, -0.25) is 9.98 Å². The molecule has 3 atom stereocenters. The Kier molecular flexibility index (Phi) is 13.2. The molecule has 0 bridgehead atoms. The smallest absolute Gasteiger partial charge is 0.103 e. The number of hydrogen-bond donors (Lipinski definition) is 2. The molecular formula is C29H54N6. The van der Waals surface area contributed by atoms with Crippen molar-refractivity contribution in [2.24, 2.45) is 39.2 Å². The fourth-order valence-corrected chi connectivity index (χ4v) is 6.25. The number of aliphatic imine (C=N–C) groups is 2. The molecule has 0 aromatic carbocycles. The molecule has 2 aliphatic heterocycles.